The lowest BCUT2D eigenvalue weighted by atomic mass is 10.7. The van der Waals surface area contributed by atoms with Crippen molar-refractivity contribution in [1.29, 1.82) is 0 Å². The lowest BCUT2D eigenvalue weighted by molar-refractivity contribution is 0.0650. The summed E-state index contributed by atoms with van der Waals surface area (Å²) >= 11 is 0. The zero-order chi connectivity index (χ0) is 10.7. The van der Waals surface area contributed by atoms with Crippen LogP contribution in [0.1, 0.15) is 0 Å². The second-order valence-electron chi connectivity index (χ2n) is 1.81. The second kappa shape index (κ2) is 9.84. The average Bonchev–Trinajstić information content (AvgIpc) is 2.06. The molecule has 82 valence electrons. The standard InChI is InChI=1S/C4H10O3.CH5NO3S/c5-1-3-7-4-2-6;2-1-6(3,4)5/h5-6H,1-4H2;1-2H2,(H,3,4,5). The third-order valence-electron chi connectivity index (χ3n) is 0.682. The first-order valence-electron chi connectivity index (χ1n) is 3.42. The molecule has 0 aromatic rings. The van der Waals surface area contributed by atoms with Gasteiger partial charge in [0.15, 0.2) is 0 Å². The van der Waals surface area contributed by atoms with Gasteiger partial charge in [-0.25, -0.2) is 0 Å². The Kier molecular flexibility index (Phi) is 11.5. The van der Waals surface area contributed by atoms with Crippen molar-refractivity contribution in [3.63, 3.8) is 0 Å². The molecule has 8 heteroatoms. The van der Waals surface area contributed by atoms with Crippen molar-refractivity contribution in [2.24, 2.45) is 5.73 Å². The lowest BCUT2D eigenvalue weighted by Gasteiger charge is -1.94. The van der Waals surface area contributed by atoms with Gasteiger partial charge in [0.05, 0.1) is 26.4 Å². The maximum atomic E-state index is 9.43. The fraction of sp³-hybridized carbons (Fsp3) is 1.00. The van der Waals surface area contributed by atoms with E-state index >= 15 is 0 Å². The Bertz CT molecular complexity index is 175. The van der Waals surface area contributed by atoms with E-state index in [1.54, 1.807) is 0 Å². The van der Waals surface area contributed by atoms with E-state index < -0.39 is 16.0 Å². The fourth-order valence-corrected chi connectivity index (χ4v) is 0.231. The molecule has 7 nitrogen and oxygen atoms in total. The van der Waals surface area contributed by atoms with E-state index in [4.69, 9.17) is 14.8 Å². The summed E-state index contributed by atoms with van der Waals surface area (Å²) in [6.07, 6.45) is 0. The molecule has 0 saturated carbocycles. The molecular weight excluding hydrogens is 202 g/mol. The highest BCUT2D eigenvalue weighted by molar-refractivity contribution is 7.85. The van der Waals surface area contributed by atoms with Crippen molar-refractivity contribution >= 4 is 10.1 Å². The van der Waals surface area contributed by atoms with Gasteiger partial charge in [0, 0.05) is 0 Å². The molecule has 0 aliphatic heterocycles. The molecule has 0 aliphatic rings. The van der Waals surface area contributed by atoms with Crippen LogP contribution in [-0.2, 0) is 14.9 Å². The van der Waals surface area contributed by atoms with Crippen molar-refractivity contribution in [2.45, 2.75) is 0 Å². The molecule has 0 bridgehead atoms. The Morgan fingerprint density at radius 1 is 1.15 bits per heavy atom. The van der Waals surface area contributed by atoms with Gasteiger partial charge in [0.2, 0.25) is 0 Å². The number of aliphatic hydroxyl groups excluding tert-OH is 2. The summed E-state index contributed by atoms with van der Waals surface area (Å²) in [6, 6.07) is 0. The molecule has 0 aliphatic carbocycles. The summed E-state index contributed by atoms with van der Waals surface area (Å²) in [6.45, 7) is 0.696. The van der Waals surface area contributed by atoms with Crippen LogP contribution in [0.3, 0.4) is 0 Å². The minimum Gasteiger partial charge on any atom is -0.394 e. The molecule has 0 aromatic carbocycles. The zero-order valence-corrected chi connectivity index (χ0v) is 7.90. The van der Waals surface area contributed by atoms with E-state index in [-0.39, 0.29) is 13.2 Å². The van der Waals surface area contributed by atoms with Crippen LogP contribution in [-0.4, -0.2) is 55.5 Å². The Morgan fingerprint density at radius 3 is 1.62 bits per heavy atom. The highest BCUT2D eigenvalue weighted by Crippen LogP contribution is 1.68. The number of hydrogen-bond donors (Lipinski definition) is 4. The van der Waals surface area contributed by atoms with Gasteiger partial charge in [0.1, 0.15) is 5.88 Å². The van der Waals surface area contributed by atoms with Gasteiger partial charge in [-0.05, 0) is 0 Å². The molecule has 0 aromatic heterocycles. The molecular formula is C5H15NO6S. The van der Waals surface area contributed by atoms with E-state index in [0.29, 0.717) is 13.2 Å². The Balaban J connectivity index is 0. The van der Waals surface area contributed by atoms with E-state index in [0.717, 1.165) is 0 Å². The highest BCUT2D eigenvalue weighted by Gasteiger charge is 1.93. The van der Waals surface area contributed by atoms with Crippen molar-refractivity contribution < 1.29 is 27.9 Å². The monoisotopic (exact) mass is 217 g/mol. The van der Waals surface area contributed by atoms with Crippen LogP contribution < -0.4 is 5.73 Å². The molecule has 0 spiro atoms. The molecule has 0 atom stereocenters. The summed E-state index contributed by atoms with van der Waals surface area (Å²) in [5.41, 5.74) is 4.47. The molecule has 0 saturated heterocycles. The van der Waals surface area contributed by atoms with E-state index in [2.05, 4.69) is 10.5 Å². The van der Waals surface area contributed by atoms with Gasteiger partial charge in [-0.1, -0.05) is 0 Å². The van der Waals surface area contributed by atoms with Gasteiger partial charge in [0.25, 0.3) is 10.1 Å². The molecule has 0 heterocycles. The predicted octanol–water partition coefficient (Wildman–Crippen LogP) is -2.22. The minimum absolute atomic E-state index is 0.0278. The summed E-state index contributed by atoms with van der Waals surface area (Å²) in [7, 11) is -3.88. The topological polar surface area (TPSA) is 130 Å². The molecule has 0 rings (SSSR count). The van der Waals surface area contributed by atoms with Crippen LogP contribution in [0.5, 0.6) is 0 Å². The summed E-state index contributed by atoms with van der Waals surface area (Å²) in [5.74, 6) is -0.701. The van der Waals surface area contributed by atoms with E-state index in [1.165, 1.54) is 0 Å². The van der Waals surface area contributed by atoms with Crippen LogP contribution in [0.15, 0.2) is 0 Å². The first-order valence-corrected chi connectivity index (χ1v) is 5.03. The molecule has 13 heavy (non-hydrogen) atoms. The normalized spacial score (nSPS) is 10.5. The SMILES string of the molecule is NCS(=O)(=O)O.OCCOCCO. The maximum absolute atomic E-state index is 9.43. The highest BCUT2D eigenvalue weighted by atomic mass is 32.2. The number of nitrogens with two attached hydrogens (primary N) is 1. The van der Waals surface area contributed by atoms with Gasteiger partial charge < -0.3 is 20.7 Å². The Labute approximate surface area is 76.9 Å². The maximum Gasteiger partial charge on any atom is 0.277 e. The lowest BCUT2D eigenvalue weighted by Crippen LogP contribution is -2.11. The van der Waals surface area contributed by atoms with Crippen LogP contribution >= 0.6 is 0 Å². The summed E-state index contributed by atoms with van der Waals surface area (Å²) < 4.78 is 31.2. The van der Waals surface area contributed by atoms with Crippen LogP contribution in [0.2, 0.25) is 0 Å². The molecule has 0 radical (unpaired) electrons. The van der Waals surface area contributed by atoms with Gasteiger partial charge in [-0.15, -0.1) is 0 Å². The van der Waals surface area contributed by atoms with E-state index in [9.17, 15) is 8.42 Å². The van der Waals surface area contributed by atoms with Crippen LogP contribution in [0.4, 0.5) is 0 Å². The number of hydrogen-bond acceptors (Lipinski definition) is 6. The quantitative estimate of drug-likeness (QED) is 0.303. The van der Waals surface area contributed by atoms with Crippen molar-refractivity contribution in [2.75, 3.05) is 32.3 Å². The first-order chi connectivity index (χ1) is 5.97. The van der Waals surface area contributed by atoms with Gasteiger partial charge in [-0.3, -0.25) is 4.55 Å². The van der Waals surface area contributed by atoms with Crippen molar-refractivity contribution in [1.82, 2.24) is 0 Å². The first kappa shape index (κ1) is 15.2. The Hall–Kier alpha value is -0.250. The Morgan fingerprint density at radius 2 is 1.46 bits per heavy atom. The summed E-state index contributed by atoms with van der Waals surface area (Å²) in [4.78, 5) is 0. The van der Waals surface area contributed by atoms with Crippen LogP contribution in [0.25, 0.3) is 0 Å². The third-order valence-corrected chi connectivity index (χ3v) is 1.10. The largest absolute Gasteiger partial charge is 0.394 e. The molecule has 0 amide bonds. The van der Waals surface area contributed by atoms with Gasteiger partial charge >= 0.3 is 0 Å². The van der Waals surface area contributed by atoms with Crippen molar-refractivity contribution in [3.8, 4) is 0 Å². The smallest absolute Gasteiger partial charge is 0.277 e. The second-order valence-corrected chi connectivity index (χ2v) is 3.31. The number of ether oxygens (including phenoxy) is 1. The molecule has 0 fully saturated rings. The number of rotatable bonds is 5. The number of aliphatic hydroxyl groups is 2. The minimum atomic E-state index is -3.88. The zero-order valence-electron chi connectivity index (χ0n) is 7.09. The average molecular weight is 217 g/mol. The molecule has 0 unspecified atom stereocenters. The predicted molar refractivity (Wildman–Crippen MR) is 45.6 cm³/mol. The van der Waals surface area contributed by atoms with Gasteiger partial charge in [-0.2, -0.15) is 8.42 Å². The molecule has 5 N–H and O–H groups in total. The van der Waals surface area contributed by atoms with Crippen molar-refractivity contribution in [3.05, 3.63) is 0 Å². The summed E-state index contributed by atoms with van der Waals surface area (Å²) in [5, 5.41) is 16.2. The fourth-order valence-electron chi connectivity index (χ4n) is 0.231. The van der Waals surface area contributed by atoms with E-state index in [1.807, 2.05) is 0 Å². The van der Waals surface area contributed by atoms with Crippen LogP contribution in [0, 0.1) is 0 Å². The third kappa shape index (κ3) is 24.5.